The van der Waals surface area contributed by atoms with Gasteiger partial charge in [-0.05, 0) is 25.5 Å². The summed E-state index contributed by atoms with van der Waals surface area (Å²) < 4.78 is 7.79. The van der Waals surface area contributed by atoms with E-state index >= 15 is 0 Å². The smallest absolute Gasteiger partial charge is 0.226 e. The van der Waals surface area contributed by atoms with Crippen molar-refractivity contribution in [2.75, 3.05) is 6.61 Å². The molecular formula is C15H20N4O2. The summed E-state index contributed by atoms with van der Waals surface area (Å²) in [6.07, 6.45) is 6.02. The lowest BCUT2D eigenvalue weighted by Gasteiger charge is -2.18. The fourth-order valence-electron chi connectivity index (χ4n) is 2.75. The predicted octanol–water partition coefficient (Wildman–Crippen LogP) is 1.63. The molecule has 6 nitrogen and oxygen atoms in total. The topological polar surface area (TPSA) is 71.9 Å². The average molecular weight is 288 g/mol. The second-order valence-electron chi connectivity index (χ2n) is 5.17. The van der Waals surface area contributed by atoms with Gasteiger partial charge in [0.25, 0.3) is 0 Å². The van der Waals surface area contributed by atoms with E-state index in [1.54, 1.807) is 6.20 Å². The minimum Gasteiger partial charge on any atom is -0.369 e. The molecule has 1 aliphatic heterocycles. The van der Waals surface area contributed by atoms with Crippen LogP contribution in [-0.2, 0) is 22.6 Å². The number of imidazole rings is 1. The van der Waals surface area contributed by atoms with E-state index in [-0.39, 0.29) is 17.9 Å². The zero-order valence-electron chi connectivity index (χ0n) is 12.1. The van der Waals surface area contributed by atoms with Crippen molar-refractivity contribution in [2.45, 2.75) is 32.5 Å². The van der Waals surface area contributed by atoms with Gasteiger partial charge in [-0.25, -0.2) is 4.98 Å². The van der Waals surface area contributed by atoms with Crippen LogP contribution in [0.4, 0.5) is 0 Å². The number of amides is 1. The van der Waals surface area contributed by atoms with Gasteiger partial charge in [-0.15, -0.1) is 0 Å². The van der Waals surface area contributed by atoms with Crippen molar-refractivity contribution in [3.05, 3.63) is 42.2 Å². The highest BCUT2D eigenvalue weighted by Crippen LogP contribution is 2.33. The fourth-order valence-corrected chi connectivity index (χ4v) is 2.75. The van der Waals surface area contributed by atoms with E-state index in [2.05, 4.69) is 22.2 Å². The molecule has 0 aliphatic carbocycles. The Bertz CT molecular complexity index is 591. The molecule has 0 radical (unpaired) electrons. The first-order chi connectivity index (χ1) is 10.3. The van der Waals surface area contributed by atoms with Crippen molar-refractivity contribution in [3.63, 3.8) is 0 Å². The van der Waals surface area contributed by atoms with Crippen LogP contribution in [-0.4, -0.2) is 27.0 Å². The van der Waals surface area contributed by atoms with Crippen LogP contribution in [0.1, 0.15) is 31.0 Å². The third-order valence-corrected chi connectivity index (χ3v) is 3.89. The van der Waals surface area contributed by atoms with E-state index in [0.717, 1.165) is 24.5 Å². The maximum atomic E-state index is 12.4. The molecule has 2 aromatic heterocycles. The molecule has 1 fully saturated rings. The number of H-pyrrole nitrogens is 1. The summed E-state index contributed by atoms with van der Waals surface area (Å²) in [7, 11) is 0. The van der Waals surface area contributed by atoms with Gasteiger partial charge in [0.1, 0.15) is 11.9 Å². The van der Waals surface area contributed by atoms with Crippen molar-refractivity contribution in [3.8, 4) is 0 Å². The summed E-state index contributed by atoms with van der Waals surface area (Å²) in [6, 6.07) is 3.87. The zero-order chi connectivity index (χ0) is 14.7. The number of hydrogen-bond donors (Lipinski definition) is 2. The molecule has 0 unspecified atom stereocenters. The van der Waals surface area contributed by atoms with Gasteiger partial charge in [0, 0.05) is 37.4 Å². The molecule has 0 spiro atoms. The number of hydrogen-bond acceptors (Lipinski definition) is 3. The van der Waals surface area contributed by atoms with Crippen LogP contribution in [0, 0.1) is 5.92 Å². The lowest BCUT2D eigenvalue weighted by molar-refractivity contribution is -0.127. The van der Waals surface area contributed by atoms with Gasteiger partial charge in [-0.1, -0.05) is 0 Å². The molecule has 112 valence electrons. The highest BCUT2D eigenvalue weighted by Gasteiger charge is 2.37. The number of aromatic amines is 1. The minimum atomic E-state index is -0.247. The molecule has 2 aromatic rings. The molecule has 6 heteroatoms. The van der Waals surface area contributed by atoms with Crippen LogP contribution in [0.15, 0.2) is 30.7 Å². The van der Waals surface area contributed by atoms with E-state index in [1.165, 1.54) is 0 Å². The molecule has 1 aliphatic rings. The summed E-state index contributed by atoms with van der Waals surface area (Å²) in [6.45, 7) is 3.99. The number of nitrogens with zero attached hydrogens (tertiary/aromatic N) is 2. The largest absolute Gasteiger partial charge is 0.369 e. The Morgan fingerprint density at radius 2 is 2.52 bits per heavy atom. The summed E-state index contributed by atoms with van der Waals surface area (Å²) >= 11 is 0. The fraction of sp³-hybridized carbons (Fsp3) is 0.467. The maximum Gasteiger partial charge on any atom is 0.226 e. The van der Waals surface area contributed by atoms with Gasteiger partial charge in [0.15, 0.2) is 0 Å². The lowest BCUT2D eigenvalue weighted by Crippen LogP contribution is -2.32. The number of carbonyl (C=O) groups is 1. The number of carbonyl (C=O) groups excluding carboxylic acids is 1. The lowest BCUT2D eigenvalue weighted by atomic mass is 9.99. The Balaban J connectivity index is 1.67. The van der Waals surface area contributed by atoms with Gasteiger partial charge in [-0.2, -0.15) is 0 Å². The van der Waals surface area contributed by atoms with E-state index in [1.807, 2.05) is 29.1 Å². The van der Waals surface area contributed by atoms with E-state index in [0.29, 0.717) is 13.2 Å². The van der Waals surface area contributed by atoms with Crippen molar-refractivity contribution >= 4 is 5.91 Å². The molecule has 3 rings (SSSR count). The highest BCUT2D eigenvalue weighted by molar-refractivity contribution is 5.79. The summed E-state index contributed by atoms with van der Waals surface area (Å²) in [5, 5.41) is 2.97. The summed E-state index contributed by atoms with van der Waals surface area (Å²) in [4.78, 5) is 19.8. The Morgan fingerprint density at radius 1 is 1.62 bits per heavy atom. The molecule has 2 N–H and O–H groups in total. The maximum absolute atomic E-state index is 12.4. The van der Waals surface area contributed by atoms with Crippen LogP contribution in [0.3, 0.4) is 0 Å². The monoisotopic (exact) mass is 288 g/mol. The van der Waals surface area contributed by atoms with E-state index in [4.69, 9.17) is 4.74 Å². The van der Waals surface area contributed by atoms with E-state index in [9.17, 15) is 4.79 Å². The first kappa shape index (κ1) is 13.9. The van der Waals surface area contributed by atoms with Gasteiger partial charge in [0.2, 0.25) is 5.91 Å². The Hall–Kier alpha value is -2.08. The molecule has 1 saturated heterocycles. The number of aromatic nitrogens is 3. The zero-order valence-corrected chi connectivity index (χ0v) is 12.1. The second kappa shape index (κ2) is 6.13. The van der Waals surface area contributed by atoms with Gasteiger partial charge < -0.3 is 19.6 Å². The van der Waals surface area contributed by atoms with Crippen molar-refractivity contribution in [1.82, 2.24) is 19.9 Å². The van der Waals surface area contributed by atoms with Crippen LogP contribution in [0.25, 0.3) is 0 Å². The van der Waals surface area contributed by atoms with Crippen LogP contribution in [0.5, 0.6) is 0 Å². The molecule has 0 bridgehead atoms. The molecule has 0 aromatic carbocycles. The quantitative estimate of drug-likeness (QED) is 0.878. The Kier molecular flexibility index (Phi) is 4.06. The number of aryl methyl sites for hydroxylation is 1. The molecule has 2 atom stereocenters. The number of nitrogens with one attached hydrogen (secondary N) is 2. The average Bonchev–Trinajstić information content (AvgIpc) is 3.23. The van der Waals surface area contributed by atoms with Crippen molar-refractivity contribution in [1.29, 1.82) is 0 Å². The van der Waals surface area contributed by atoms with Gasteiger partial charge in [0.05, 0.1) is 12.5 Å². The van der Waals surface area contributed by atoms with Crippen molar-refractivity contribution in [2.24, 2.45) is 5.92 Å². The Labute approximate surface area is 123 Å². The van der Waals surface area contributed by atoms with Gasteiger partial charge >= 0.3 is 0 Å². The van der Waals surface area contributed by atoms with Crippen LogP contribution < -0.4 is 5.32 Å². The van der Waals surface area contributed by atoms with Crippen LogP contribution >= 0.6 is 0 Å². The van der Waals surface area contributed by atoms with Crippen LogP contribution in [0.2, 0.25) is 0 Å². The first-order valence-electron chi connectivity index (χ1n) is 7.32. The SMILES string of the molecule is CCn1ccnc1[C@@H]1OCC[C@H]1C(=O)NCc1ccc[nH]1. The number of rotatable bonds is 5. The molecular weight excluding hydrogens is 268 g/mol. The molecule has 21 heavy (non-hydrogen) atoms. The summed E-state index contributed by atoms with van der Waals surface area (Å²) in [5.74, 6) is 0.695. The highest BCUT2D eigenvalue weighted by atomic mass is 16.5. The summed E-state index contributed by atoms with van der Waals surface area (Å²) in [5.41, 5.74) is 0.994. The molecule has 3 heterocycles. The standard InChI is InChI=1S/C15H20N4O2/c1-2-19-8-7-17-14(19)13-12(5-9-21-13)15(20)18-10-11-4-3-6-16-11/h3-4,6-8,12-13,16H,2,5,9-10H2,1H3,(H,18,20)/t12-,13-/m1/s1. The minimum absolute atomic E-state index is 0.0257. The second-order valence-corrected chi connectivity index (χ2v) is 5.17. The molecule has 1 amide bonds. The normalized spacial score (nSPS) is 21.6. The molecule has 0 saturated carbocycles. The number of ether oxygens (including phenoxy) is 1. The third kappa shape index (κ3) is 2.85. The third-order valence-electron chi connectivity index (χ3n) is 3.89. The van der Waals surface area contributed by atoms with E-state index < -0.39 is 0 Å². The predicted molar refractivity (Wildman–Crippen MR) is 77.3 cm³/mol. The Morgan fingerprint density at radius 3 is 3.29 bits per heavy atom. The van der Waals surface area contributed by atoms with Crippen molar-refractivity contribution < 1.29 is 9.53 Å². The van der Waals surface area contributed by atoms with Gasteiger partial charge in [-0.3, -0.25) is 4.79 Å². The first-order valence-corrected chi connectivity index (χ1v) is 7.32.